The van der Waals surface area contributed by atoms with Crippen LogP contribution in [0.4, 0.5) is 19.0 Å². The van der Waals surface area contributed by atoms with Gasteiger partial charge in [-0.15, -0.1) is 0 Å². The van der Waals surface area contributed by atoms with Crippen molar-refractivity contribution in [3.05, 3.63) is 17.6 Å². The Labute approximate surface area is 128 Å². The number of rotatable bonds is 5. The zero-order chi connectivity index (χ0) is 16.2. The van der Waals surface area contributed by atoms with Gasteiger partial charge in [0.25, 0.3) is 0 Å². The maximum absolute atomic E-state index is 12.8. The number of hydrogen-bond acceptors (Lipinski definition) is 5. The molecule has 0 spiro atoms. The minimum Gasteiger partial charge on any atom is -0.354 e. The van der Waals surface area contributed by atoms with Gasteiger partial charge in [-0.1, -0.05) is 0 Å². The molecule has 0 radical (unpaired) electrons. The molecule has 0 atom stereocenters. The SMILES string of the molecule is Cc1cc(N2CCN(CCCCN)CC2)nc(C(F)(F)F)n1. The molecule has 0 saturated carbocycles. The maximum atomic E-state index is 12.8. The predicted molar refractivity (Wildman–Crippen MR) is 78.7 cm³/mol. The van der Waals surface area contributed by atoms with Crippen LogP contribution in [0.15, 0.2) is 6.07 Å². The minimum atomic E-state index is -4.51. The first-order valence-electron chi connectivity index (χ1n) is 7.50. The summed E-state index contributed by atoms with van der Waals surface area (Å²) in [6.07, 6.45) is -2.45. The standard InChI is InChI=1S/C14H22F3N5/c1-11-10-12(20-13(19-11)14(15,16)17)22-8-6-21(7-9-22)5-3-2-4-18/h10H,2-9,18H2,1H3. The molecular formula is C14H22F3N5. The molecule has 5 nitrogen and oxygen atoms in total. The lowest BCUT2D eigenvalue weighted by Crippen LogP contribution is -2.47. The molecule has 8 heteroatoms. The van der Waals surface area contributed by atoms with E-state index in [-0.39, 0.29) is 0 Å². The molecule has 0 unspecified atom stereocenters. The number of piperazine rings is 1. The number of anilines is 1. The minimum absolute atomic E-state index is 0.336. The van der Waals surface area contributed by atoms with Gasteiger partial charge < -0.3 is 10.6 Å². The van der Waals surface area contributed by atoms with E-state index in [1.807, 2.05) is 4.90 Å². The van der Waals surface area contributed by atoms with Gasteiger partial charge in [0.2, 0.25) is 5.82 Å². The number of hydrogen-bond donors (Lipinski definition) is 1. The monoisotopic (exact) mass is 317 g/mol. The van der Waals surface area contributed by atoms with Crippen molar-refractivity contribution in [3.8, 4) is 0 Å². The molecule has 22 heavy (non-hydrogen) atoms. The third-order valence-electron chi connectivity index (χ3n) is 3.72. The lowest BCUT2D eigenvalue weighted by molar-refractivity contribution is -0.145. The van der Waals surface area contributed by atoms with Crippen LogP contribution in [0.1, 0.15) is 24.4 Å². The van der Waals surface area contributed by atoms with E-state index in [0.29, 0.717) is 31.1 Å². The number of alkyl halides is 3. The van der Waals surface area contributed by atoms with Crippen LogP contribution in [-0.4, -0.2) is 54.1 Å². The first kappa shape index (κ1) is 17.0. The van der Waals surface area contributed by atoms with Crippen LogP contribution < -0.4 is 10.6 Å². The number of aryl methyl sites for hydroxylation is 1. The number of halogens is 3. The lowest BCUT2D eigenvalue weighted by Gasteiger charge is -2.35. The van der Waals surface area contributed by atoms with E-state index in [0.717, 1.165) is 32.5 Å². The van der Waals surface area contributed by atoms with Gasteiger partial charge in [0.05, 0.1) is 0 Å². The van der Waals surface area contributed by atoms with Crippen molar-refractivity contribution in [3.63, 3.8) is 0 Å². The van der Waals surface area contributed by atoms with Gasteiger partial charge >= 0.3 is 6.18 Å². The average Bonchev–Trinajstić information content (AvgIpc) is 2.47. The molecule has 1 aliphatic heterocycles. The second-order valence-corrected chi connectivity index (χ2v) is 5.51. The van der Waals surface area contributed by atoms with Crippen LogP contribution in [0.25, 0.3) is 0 Å². The molecule has 1 saturated heterocycles. The van der Waals surface area contributed by atoms with Crippen LogP contribution in [-0.2, 0) is 6.18 Å². The number of unbranched alkanes of at least 4 members (excludes halogenated alkanes) is 1. The molecule has 1 aromatic rings. The zero-order valence-corrected chi connectivity index (χ0v) is 12.7. The number of nitrogens with two attached hydrogens (primary N) is 1. The Kier molecular flexibility index (Phi) is 5.57. The summed E-state index contributed by atoms with van der Waals surface area (Å²) in [5.74, 6) is -0.700. The fourth-order valence-electron chi connectivity index (χ4n) is 2.52. The van der Waals surface area contributed by atoms with E-state index < -0.39 is 12.0 Å². The summed E-state index contributed by atoms with van der Waals surface area (Å²) in [7, 11) is 0. The van der Waals surface area contributed by atoms with Crippen LogP contribution in [0.5, 0.6) is 0 Å². The topological polar surface area (TPSA) is 58.3 Å². The van der Waals surface area contributed by atoms with Gasteiger partial charge in [-0.05, 0) is 32.9 Å². The number of nitrogens with zero attached hydrogens (tertiary/aromatic N) is 4. The Morgan fingerprint density at radius 3 is 2.41 bits per heavy atom. The Morgan fingerprint density at radius 2 is 1.82 bits per heavy atom. The Bertz CT molecular complexity index is 484. The molecule has 2 heterocycles. The summed E-state index contributed by atoms with van der Waals surface area (Å²) in [6.45, 7) is 6.25. The van der Waals surface area contributed by atoms with E-state index >= 15 is 0 Å². The zero-order valence-electron chi connectivity index (χ0n) is 12.7. The van der Waals surface area contributed by atoms with E-state index in [2.05, 4.69) is 14.9 Å². The van der Waals surface area contributed by atoms with Gasteiger partial charge in [0.15, 0.2) is 0 Å². The summed E-state index contributed by atoms with van der Waals surface area (Å²) in [4.78, 5) is 11.4. The second-order valence-electron chi connectivity index (χ2n) is 5.51. The number of aromatic nitrogens is 2. The third-order valence-corrected chi connectivity index (χ3v) is 3.72. The van der Waals surface area contributed by atoms with Crippen molar-refractivity contribution < 1.29 is 13.2 Å². The molecular weight excluding hydrogens is 295 g/mol. The van der Waals surface area contributed by atoms with Crippen molar-refractivity contribution in [2.75, 3.05) is 44.2 Å². The van der Waals surface area contributed by atoms with Gasteiger partial charge in [-0.2, -0.15) is 13.2 Å². The highest BCUT2D eigenvalue weighted by Crippen LogP contribution is 2.28. The summed E-state index contributed by atoms with van der Waals surface area (Å²) in [6, 6.07) is 1.61. The first-order valence-corrected chi connectivity index (χ1v) is 7.50. The Hall–Kier alpha value is -1.41. The average molecular weight is 317 g/mol. The summed E-state index contributed by atoms with van der Waals surface area (Å²) >= 11 is 0. The van der Waals surface area contributed by atoms with Gasteiger partial charge in [0.1, 0.15) is 5.82 Å². The molecule has 0 aromatic carbocycles. The molecule has 0 amide bonds. The van der Waals surface area contributed by atoms with Gasteiger partial charge in [-0.25, -0.2) is 9.97 Å². The third kappa shape index (κ3) is 4.54. The molecule has 2 rings (SSSR count). The molecule has 1 aromatic heterocycles. The molecule has 124 valence electrons. The normalized spacial score (nSPS) is 17.0. The van der Waals surface area contributed by atoms with E-state index in [1.165, 1.54) is 0 Å². The van der Waals surface area contributed by atoms with Gasteiger partial charge in [0, 0.05) is 37.9 Å². The molecule has 0 bridgehead atoms. The highest BCUT2D eigenvalue weighted by atomic mass is 19.4. The highest BCUT2D eigenvalue weighted by Gasteiger charge is 2.35. The fraction of sp³-hybridized carbons (Fsp3) is 0.714. The van der Waals surface area contributed by atoms with Crippen LogP contribution in [0.2, 0.25) is 0 Å². The van der Waals surface area contributed by atoms with E-state index in [9.17, 15) is 13.2 Å². The van der Waals surface area contributed by atoms with Crippen LogP contribution in [0.3, 0.4) is 0 Å². The Morgan fingerprint density at radius 1 is 1.14 bits per heavy atom. The quantitative estimate of drug-likeness (QED) is 0.837. The molecule has 1 fully saturated rings. The predicted octanol–water partition coefficient (Wildman–Crippen LogP) is 1.66. The van der Waals surface area contributed by atoms with E-state index in [1.54, 1.807) is 13.0 Å². The van der Waals surface area contributed by atoms with Crippen molar-refractivity contribution >= 4 is 5.82 Å². The van der Waals surface area contributed by atoms with Gasteiger partial charge in [-0.3, -0.25) is 4.90 Å². The smallest absolute Gasteiger partial charge is 0.354 e. The summed E-state index contributed by atoms with van der Waals surface area (Å²) in [5.41, 5.74) is 5.81. The maximum Gasteiger partial charge on any atom is 0.451 e. The van der Waals surface area contributed by atoms with Crippen molar-refractivity contribution in [1.29, 1.82) is 0 Å². The van der Waals surface area contributed by atoms with E-state index in [4.69, 9.17) is 5.73 Å². The largest absolute Gasteiger partial charge is 0.451 e. The highest BCUT2D eigenvalue weighted by molar-refractivity contribution is 5.40. The second kappa shape index (κ2) is 7.23. The van der Waals surface area contributed by atoms with Crippen molar-refractivity contribution in [1.82, 2.24) is 14.9 Å². The molecule has 1 aliphatic rings. The fourth-order valence-corrected chi connectivity index (χ4v) is 2.52. The summed E-state index contributed by atoms with van der Waals surface area (Å²) < 4.78 is 38.4. The summed E-state index contributed by atoms with van der Waals surface area (Å²) in [5, 5.41) is 0. The van der Waals surface area contributed by atoms with Crippen LogP contribution in [0, 0.1) is 6.92 Å². The van der Waals surface area contributed by atoms with Crippen molar-refractivity contribution in [2.45, 2.75) is 25.9 Å². The Balaban J connectivity index is 1.98. The molecule has 2 N–H and O–H groups in total. The molecule has 0 aliphatic carbocycles. The first-order chi connectivity index (χ1) is 10.4. The lowest BCUT2D eigenvalue weighted by atomic mass is 10.2. The van der Waals surface area contributed by atoms with Crippen LogP contribution >= 0.6 is 0 Å². The van der Waals surface area contributed by atoms with Crippen molar-refractivity contribution in [2.24, 2.45) is 5.73 Å².